The molecule has 1 N–H and O–H groups in total. The van der Waals surface area contributed by atoms with E-state index >= 15 is 0 Å². The fraction of sp³-hybridized carbons (Fsp3) is 0.462. The average Bonchev–Trinajstić information content (AvgIpc) is 3.50. The molecule has 1 saturated carbocycles. The summed E-state index contributed by atoms with van der Waals surface area (Å²) >= 11 is 0. The molecule has 0 radical (unpaired) electrons. The van der Waals surface area contributed by atoms with E-state index in [9.17, 15) is 9.59 Å². The van der Waals surface area contributed by atoms with Gasteiger partial charge in [-0.2, -0.15) is 0 Å². The molecule has 1 aliphatic carbocycles. The van der Waals surface area contributed by atoms with Crippen LogP contribution in [0.2, 0.25) is 0 Å². The minimum atomic E-state index is -1.12. The molecule has 3 heterocycles. The van der Waals surface area contributed by atoms with E-state index in [1.807, 2.05) is 35.8 Å². The van der Waals surface area contributed by atoms with Crippen LogP contribution in [0.3, 0.4) is 0 Å². The van der Waals surface area contributed by atoms with Crippen LogP contribution in [-0.4, -0.2) is 47.1 Å². The first-order valence-electron chi connectivity index (χ1n) is 11.9. The molecule has 1 aromatic carbocycles. The van der Waals surface area contributed by atoms with Crippen molar-refractivity contribution >= 4 is 22.7 Å². The van der Waals surface area contributed by atoms with Gasteiger partial charge < -0.3 is 28.7 Å². The molecule has 2 aromatic heterocycles. The van der Waals surface area contributed by atoms with E-state index in [1.165, 1.54) is 6.42 Å². The van der Waals surface area contributed by atoms with E-state index in [1.54, 1.807) is 31.4 Å². The van der Waals surface area contributed by atoms with Crippen LogP contribution in [-0.2, 0) is 17.9 Å². The Hall–Kier alpha value is -3.42. The van der Waals surface area contributed by atoms with Crippen LogP contribution in [0, 0.1) is 0 Å². The molecule has 0 bridgehead atoms. The average molecular weight is 466 g/mol. The Labute approximate surface area is 198 Å². The molecule has 0 unspecified atom stereocenters. The van der Waals surface area contributed by atoms with Crippen molar-refractivity contribution in [3.63, 3.8) is 0 Å². The van der Waals surface area contributed by atoms with E-state index in [0.29, 0.717) is 29.5 Å². The third-order valence-electron chi connectivity index (χ3n) is 7.27. The second-order valence-electron chi connectivity index (χ2n) is 9.40. The van der Waals surface area contributed by atoms with Gasteiger partial charge in [0.25, 0.3) is 5.91 Å². The van der Waals surface area contributed by atoms with Gasteiger partial charge in [0.1, 0.15) is 28.5 Å². The van der Waals surface area contributed by atoms with Crippen molar-refractivity contribution in [1.29, 1.82) is 0 Å². The standard InChI is InChI=1S/C26H31N3O5/c1-26(25(31)27-17-8-5-4-6-9-17)16-28-20(24(30)29(26)15-18-10-7-13-34-18)14-19-21(32-2)11-12-22(33-3)23(19)28/h7,10-14,17H,4-6,8-9,15-16H2,1-3H3,(H,27,31)/t26-/m1/s1. The Bertz CT molecular complexity index is 1210. The topological polar surface area (TPSA) is 85.9 Å². The SMILES string of the molecule is COc1ccc(OC)c2c1cc1n2C[C@](C)(C(=O)NC2CCCCC2)N(Cc2ccco2)C1=O. The third kappa shape index (κ3) is 3.61. The molecule has 3 aromatic rings. The third-order valence-corrected chi connectivity index (χ3v) is 7.27. The lowest BCUT2D eigenvalue weighted by Crippen LogP contribution is -2.64. The molecule has 1 atom stereocenters. The smallest absolute Gasteiger partial charge is 0.271 e. The summed E-state index contributed by atoms with van der Waals surface area (Å²) in [6, 6.07) is 9.23. The van der Waals surface area contributed by atoms with Crippen molar-refractivity contribution in [2.45, 2.75) is 63.7 Å². The Morgan fingerprint density at radius 1 is 1.15 bits per heavy atom. The van der Waals surface area contributed by atoms with Gasteiger partial charge in [-0.15, -0.1) is 0 Å². The number of carbonyl (C=O) groups excluding carboxylic acids is 2. The van der Waals surface area contributed by atoms with Crippen molar-refractivity contribution in [2.24, 2.45) is 0 Å². The highest BCUT2D eigenvalue weighted by Crippen LogP contribution is 2.40. The molecule has 34 heavy (non-hydrogen) atoms. The number of amides is 2. The Balaban J connectivity index is 1.61. The second kappa shape index (κ2) is 8.74. The van der Waals surface area contributed by atoms with E-state index in [0.717, 1.165) is 36.6 Å². The van der Waals surface area contributed by atoms with Crippen LogP contribution in [0.4, 0.5) is 0 Å². The highest BCUT2D eigenvalue weighted by molar-refractivity contribution is 6.05. The minimum absolute atomic E-state index is 0.135. The van der Waals surface area contributed by atoms with Crippen LogP contribution in [0.15, 0.2) is 41.0 Å². The maximum Gasteiger partial charge on any atom is 0.271 e. The van der Waals surface area contributed by atoms with Gasteiger partial charge in [-0.1, -0.05) is 19.3 Å². The van der Waals surface area contributed by atoms with Crippen LogP contribution < -0.4 is 14.8 Å². The molecular formula is C26H31N3O5. The van der Waals surface area contributed by atoms with Crippen molar-refractivity contribution in [3.8, 4) is 11.5 Å². The summed E-state index contributed by atoms with van der Waals surface area (Å²) in [7, 11) is 3.20. The fourth-order valence-corrected chi connectivity index (χ4v) is 5.35. The lowest BCUT2D eigenvalue weighted by atomic mass is 9.91. The maximum atomic E-state index is 13.9. The number of hydrogen-bond acceptors (Lipinski definition) is 5. The number of methoxy groups -OCH3 is 2. The van der Waals surface area contributed by atoms with E-state index in [-0.39, 0.29) is 24.4 Å². The maximum absolute atomic E-state index is 13.9. The normalized spacial score (nSPS) is 20.9. The lowest BCUT2D eigenvalue weighted by molar-refractivity contribution is -0.134. The van der Waals surface area contributed by atoms with Gasteiger partial charge >= 0.3 is 0 Å². The second-order valence-corrected chi connectivity index (χ2v) is 9.40. The molecule has 1 fully saturated rings. The Morgan fingerprint density at radius 3 is 2.56 bits per heavy atom. The molecule has 2 amide bonds. The molecule has 180 valence electrons. The first kappa shape index (κ1) is 22.4. The van der Waals surface area contributed by atoms with Crippen molar-refractivity contribution in [1.82, 2.24) is 14.8 Å². The number of ether oxygens (including phenoxy) is 2. The van der Waals surface area contributed by atoms with Gasteiger partial charge in [-0.25, -0.2) is 0 Å². The Morgan fingerprint density at radius 2 is 1.88 bits per heavy atom. The van der Waals surface area contributed by atoms with Gasteiger partial charge in [0, 0.05) is 11.4 Å². The first-order valence-corrected chi connectivity index (χ1v) is 11.9. The minimum Gasteiger partial charge on any atom is -0.496 e. The zero-order valence-electron chi connectivity index (χ0n) is 19.9. The van der Waals surface area contributed by atoms with Gasteiger partial charge in [0.05, 0.1) is 39.1 Å². The number of nitrogens with zero attached hydrogens (tertiary/aromatic N) is 2. The summed E-state index contributed by atoms with van der Waals surface area (Å²) in [4.78, 5) is 29.4. The monoisotopic (exact) mass is 465 g/mol. The summed E-state index contributed by atoms with van der Waals surface area (Å²) < 4.78 is 18.7. The molecule has 8 heteroatoms. The van der Waals surface area contributed by atoms with E-state index in [4.69, 9.17) is 13.9 Å². The zero-order chi connectivity index (χ0) is 23.9. The van der Waals surface area contributed by atoms with Crippen LogP contribution in [0.1, 0.15) is 55.3 Å². The van der Waals surface area contributed by atoms with E-state index < -0.39 is 5.54 Å². The first-order chi connectivity index (χ1) is 16.5. The highest BCUT2D eigenvalue weighted by atomic mass is 16.5. The summed E-state index contributed by atoms with van der Waals surface area (Å²) in [6.45, 7) is 2.34. The van der Waals surface area contributed by atoms with Gasteiger partial charge in [0.2, 0.25) is 5.91 Å². The molecule has 0 spiro atoms. The van der Waals surface area contributed by atoms with Crippen LogP contribution in [0.5, 0.6) is 11.5 Å². The number of nitrogens with one attached hydrogen (secondary N) is 1. The quantitative estimate of drug-likeness (QED) is 0.592. The molecular weight excluding hydrogens is 434 g/mol. The van der Waals surface area contributed by atoms with Gasteiger partial charge in [-0.3, -0.25) is 9.59 Å². The number of carbonyl (C=O) groups is 2. The summed E-state index contributed by atoms with van der Waals surface area (Å²) in [5.74, 6) is 1.53. The van der Waals surface area contributed by atoms with Crippen LogP contribution in [0.25, 0.3) is 10.9 Å². The van der Waals surface area contributed by atoms with Crippen molar-refractivity contribution in [2.75, 3.05) is 14.2 Å². The number of rotatable bonds is 6. The van der Waals surface area contributed by atoms with E-state index in [2.05, 4.69) is 5.32 Å². The molecule has 5 rings (SSSR count). The number of hydrogen-bond donors (Lipinski definition) is 1. The zero-order valence-corrected chi connectivity index (χ0v) is 19.9. The number of benzene rings is 1. The highest BCUT2D eigenvalue weighted by Gasteiger charge is 2.49. The largest absolute Gasteiger partial charge is 0.496 e. The molecule has 8 nitrogen and oxygen atoms in total. The predicted molar refractivity (Wildman–Crippen MR) is 127 cm³/mol. The van der Waals surface area contributed by atoms with Gasteiger partial charge in [0.15, 0.2) is 0 Å². The Kier molecular flexibility index (Phi) is 5.75. The molecule has 1 aliphatic heterocycles. The van der Waals surface area contributed by atoms with Crippen molar-refractivity contribution in [3.05, 3.63) is 48.0 Å². The summed E-state index contributed by atoms with van der Waals surface area (Å²) in [6.07, 6.45) is 6.94. The lowest BCUT2D eigenvalue weighted by Gasteiger charge is -2.44. The number of aromatic nitrogens is 1. The van der Waals surface area contributed by atoms with Crippen LogP contribution >= 0.6 is 0 Å². The fourth-order valence-electron chi connectivity index (χ4n) is 5.35. The van der Waals surface area contributed by atoms with Gasteiger partial charge in [-0.05, 0) is 50.1 Å². The van der Waals surface area contributed by atoms with Crippen molar-refractivity contribution < 1.29 is 23.5 Å². The predicted octanol–water partition coefficient (Wildman–Crippen LogP) is 4.12. The number of furan rings is 1. The summed E-state index contributed by atoms with van der Waals surface area (Å²) in [5, 5.41) is 4.03. The molecule has 2 aliphatic rings. The molecule has 0 saturated heterocycles. The summed E-state index contributed by atoms with van der Waals surface area (Å²) in [5.41, 5.74) is 0.126. The number of fused-ring (bicyclic) bond motifs is 3.